The first-order chi connectivity index (χ1) is 14.5. The van der Waals surface area contributed by atoms with Crippen LogP contribution in [-0.4, -0.2) is 45.0 Å². The molecule has 2 aromatic heterocycles. The van der Waals surface area contributed by atoms with Crippen LogP contribution in [0.1, 0.15) is 41.1 Å². The molecule has 0 unspecified atom stereocenters. The summed E-state index contributed by atoms with van der Waals surface area (Å²) >= 11 is 0. The zero-order chi connectivity index (χ0) is 21.1. The molecular formula is C23H27N5O2. The minimum atomic E-state index is -0.153. The molecule has 1 aliphatic heterocycles. The Morgan fingerprint density at radius 2 is 2.10 bits per heavy atom. The van der Waals surface area contributed by atoms with Crippen molar-refractivity contribution in [1.29, 1.82) is 0 Å². The molecule has 3 heterocycles. The van der Waals surface area contributed by atoms with E-state index in [4.69, 9.17) is 9.72 Å². The molecule has 1 N–H and O–H groups in total. The molecule has 4 rings (SSSR count). The first-order valence-corrected chi connectivity index (χ1v) is 10.3. The first-order valence-electron chi connectivity index (χ1n) is 10.3. The van der Waals surface area contributed by atoms with Crippen molar-refractivity contribution in [1.82, 2.24) is 24.8 Å². The summed E-state index contributed by atoms with van der Waals surface area (Å²) < 4.78 is 5.44. The van der Waals surface area contributed by atoms with E-state index < -0.39 is 0 Å². The summed E-state index contributed by atoms with van der Waals surface area (Å²) in [6.45, 7) is 7.06. The Morgan fingerprint density at radius 3 is 2.87 bits per heavy atom. The fourth-order valence-electron chi connectivity index (χ4n) is 4.15. The highest BCUT2D eigenvalue weighted by Gasteiger charge is 2.24. The van der Waals surface area contributed by atoms with Crippen molar-refractivity contribution in [2.75, 3.05) is 20.2 Å². The largest absolute Gasteiger partial charge is 0.496 e. The summed E-state index contributed by atoms with van der Waals surface area (Å²) in [6, 6.07) is 5.82. The molecular weight excluding hydrogens is 378 g/mol. The lowest BCUT2D eigenvalue weighted by atomic mass is 9.93. The number of aromatic amines is 1. The van der Waals surface area contributed by atoms with Crippen molar-refractivity contribution in [2.24, 2.45) is 0 Å². The molecule has 3 aromatic rings. The van der Waals surface area contributed by atoms with Crippen LogP contribution in [0.25, 0.3) is 11.5 Å². The standard InChI is InChI=1S/C23H27N5O2/c1-15-16(2)21(30-3)7-6-17(15)13-28-10-4-5-18(14-28)19-11-22(29)27-23(26-19)20-12-24-8-9-25-20/h6-9,11-12,18H,4-5,10,13-14H2,1-3H3,(H,26,27,29)/t18-/m0/s1. The van der Waals surface area contributed by atoms with Gasteiger partial charge in [-0.1, -0.05) is 6.07 Å². The number of nitrogens with zero attached hydrogens (tertiary/aromatic N) is 4. The van der Waals surface area contributed by atoms with E-state index in [1.54, 1.807) is 31.8 Å². The second kappa shape index (κ2) is 8.75. The molecule has 0 spiro atoms. The monoisotopic (exact) mass is 405 g/mol. The maximum Gasteiger partial charge on any atom is 0.251 e. The van der Waals surface area contributed by atoms with Gasteiger partial charge in [0.1, 0.15) is 11.4 Å². The molecule has 0 amide bonds. The Labute approximate surface area is 176 Å². The van der Waals surface area contributed by atoms with E-state index >= 15 is 0 Å². The van der Waals surface area contributed by atoms with Gasteiger partial charge in [0, 0.05) is 37.5 Å². The number of hydrogen-bond donors (Lipinski definition) is 1. The minimum absolute atomic E-state index is 0.153. The lowest BCUT2D eigenvalue weighted by Gasteiger charge is -2.33. The average molecular weight is 406 g/mol. The van der Waals surface area contributed by atoms with Crippen LogP contribution >= 0.6 is 0 Å². The zero-order valence-corrected chi connectivity index (χ0v) is 17.7. The summed E-state index contributed by atoms with van der Waals surface area (Å²) in [4.78, 5) is 30.6. The van der Waals surface area contributed by atoms with Crippen molar-refractivity contribution in [3.05, 3.63) is 69.5 Å². The predicted octanol–water partition coefficient (Wildman–Crippen LogP) is 3.23. The van der Waals surface area contributed by atoms with Crippen LogP contribution in [-0.2, 0) is 6.54 Å². The van der Waals surface area contributed by atoms with Gasteiger partial charge in [0.25, 0.3) is 5.56 Å². The Bertz CT molecular complexity index is 1080. The highest BCUT2D eigenvalue weighted by molar-refractivity contribution is 5.47. The second-order valence-electron chi connectivity index (χ2n) is 7.86. The van der Waals surface area contributed by atoms with Gasteiger partial charge in [-0.25, -0.2) is 9.97 Å². The van der Waals surface area contributed by atoms with Crippen molar-refractivity contribution in [3.63, 3.8) is 0 Å². The molecule has 0 bridgehead atoms. The number of ether oxygens (including phenoxy) is 1. The maximum atomic E-state index is 12.3. The molecule has 7 nitrogen and oxygen atoms in total. The van der Waals surface area contributed by atoms with Crippen molar-refractivity contribution >= 4 is 0 Å². The molecule has 1 saturated heterocycles. The van der Waals surface area contributed by atoms with E-state index in [-0.39, 0.29) is 11.5 Å². The number of aromatic nitrogens is 4. The van der Waals surface area contributed by atoms with Gasteiger partial charge in [-0.2, -0.15) is 0 Å². The molecule has 1 aliphatic rings. The normalized spacial score (nSPS) is 17.1. The highest BCUT2D eigenvalue weighted by atomic mass is 16.5. The van der Waals surface area contributed by atoms with Crippen LogP contribution in [0.4, 0.5) is 0 Å². The van der Waals surface area contributed by atoms with Gasteiger partial charge in [0.15, 0.2) is 5.82 Å². The Morgan fingerprint density at radius 1 is 1.23 bits per heavy atom. The number of methoxy groups -OCH3 is 1. The number of rotatable bonds is 5. The molecule has 1 atom stereocenters. The summed E-state index contributed by atoms with van der Waals surface area (Å²) in [5.74, 6) is 1.62. The Hall–Kier alpha value is -3.06. The van der Waals surface area contributed by atoms with E-state index in [0.29, 0.717) is 11.5 Å². The average Bonchev–Trinajstić information content (AvgIpc) is 2.77. The van der Waals surface area contributed by atoms with Gasteiger partial charge < -0.3 is 9.72 Å². The lowest BCUT2D eigenvalue weighted by Crippen LogP contribution is -2.35. The van der Waals surface area contributed by atoms with Gasteiger partial charge >= 0.3 is 0 Å². The van der Waals surface area contributed by atoms with Crippen LogP contribution in [0, 0.1) is 13.8 Å². The Kier molecular flexibility index (Phi) is 5.90. The van der Waals surface area contributed by atoms with Crippen molar-refractivity contribution in [3.8, 4) is 17.3 Å². The SMILES string of the molecule is COc1ccc(CN2CCC[C@H](c3cc(=O)[nH]c(-c4cnccn4)n3)C2)c(C)c1C. The Balaban J connectivity index is 1.54. The smallest absolute Gasteiger partial charge is 0.251 e. The minimum Gasteiger partial charge on any atom is -0.496 e. The van der Waals surface area contributed by atoms with Gasteiger partial charge in [0.05, 0.1) is 19.0 Å². The fourth-order valence-corrected chi connectivity index (χ4v) is 4.15. The van der Waals surface area contributed by atoms with E-state index in [9.17, 15) is 4.79 Å². The summed E-state index contributed by atoms with van der Waals surface area (Å²) in [5, 5.41) is 0. The summed E-state index contributed by atoms with van der Waals surface area (Å²) in [7, 11) is 1.71. The molecule has 0 radical (unpaired) electrons. The highest BCUT2D eigenvalue weighted by Crippen LogP contribution is 2.29. The fraction of sp³-hybridized carbons (Fsp3) is 0.391. The quantitative estimate of drug-likeness (QED) is 0.702. The third kappa shape index (κ3) is 4.26. The second-order valence-corrected chi connectivity index (χ2v) is 7.86. The number of H-pyrrole nitrogens is 1. The number of benzene rings is 1. The van der Waals surface area contributed by atoms with Crippen molar-refractivity contribution < 1.29 is 4.74 Å². The van der Waals surface area contributed by atoms with E-state index in [1.165, 1.54) is 16.7 Å². The zero-order valence-electron chi connectivity index (χ0n) is 17.7. The molecule has 156 valence electrons. The topological polar surface area (TPSA) is 84.0 Å². The summed E-state index contributed by atoms with van der Waals surface area (Å²) in [6.07, 6.45) is 6.92. The molecule has 0 aliphatic carbocycles. The van der Waals surface area contributed by atoms with Crippen LogP contribution in [0.3, 0.4) is 0 Å². The summed E-state index contributed by atoms with van der Waals surface area (Å²) in [5.41, 5.74) is 5.02. The van der Waals surface area contributed by atoms with E-state index in [0.717, 1.165) is 43.9 Å². The van der Waals surface area contributed by atoms with Crippen LogP contribution in [0.5, 0.6) is 5.75 Å². The lowest BCUT2D eigenvalue weighted by molar-refractivity contribution is 0.198. The van der Waals surface area contributed by atoms with Crippen LogP contribution in [0.15, 0.2) is 41.6 Å². The van der Waals surface area contributed by atoms with Gasteiger partial charge in [-0.3, -0.25) is 14.7 Å². The number of likely N-dealkylation sites (tertiary alicyclic amines) is 1. The van der Waals surface area contributed by atoms with E-state index in [2.05, 4.69) is 39.8 Å². The number of hydrogen-bond acceptors (Lipinski definition) is 6. The molecule has 1 fully saturated rings. The predicted molar refractivity (Wildman–Crippen MR) is 116 cm³/mol. The van der Waals surface area contributed by atoms with Gasteiger partial charge in [-0.15, -0.1) is 0 Å². The number of nitrogens with one attached hydrogen (secondary N) is 1. The van der Waals surface area contributed by atoms with Gasteiger partial charge in [0.2, 0.25) is 0 Å². The van der Waals surface area contributed by atoms with E-state index in [1.807, 2.05) is 6.07 Å². The number of piperidine rings is 1. The molecule has 1 aromatic carbocycles. The van der Waals surface area contributed by atoms with Crippen LogP contribution < -0.4 is 10.3 Å². The molecule has 30 heavy (non-hydrogen) atoms. The third-order valence-electron chi connectivity index (χ3n) is 5.95. The van der Waals surface area contributed by atoms with Crippen LogP contribution in [0.2, 0.25) is 0 Å². The maximum absolute atomic E-state index is 12.3. The first kappa shape index (κ1) is 20.2. The molecule has 7 heteroatoms. The van der Waals surface area contributed by atoms with Gasteiger partial charge in [-0.05, 0) is 56.0 Å². The third-order valence-corrected chi connectivity index (χ3v) is 5.95. The van der Waals surface area contributed by atoms with Crippen molar-refractivity contribution in [2.45, 2.75) is 39.2 Å². The molecule has 0 saturated carbocycles.